The number of carboxylic acid groups (broad SMARTS) is 2. The number of rotatable bonds is 3. The van der Waals surface area contributed by atoms with Gasteiger partial charge in [0.15, 0.2) is 0 Å². The van der Waals surface area contributed by atoms with Crippen molar-refractivity contribution in [2.75, 3.05) is 0 Å². The number of benzene rings is 3. The molecule has 0 amide bonds. The second-order valence-electron chi connectivity index (χ2n) is 5.74. The van der Waals surface area contributed by atoms with E-state index in [9.17, 15) is 22.8 Å². The molecule has 2 N–H and O–H groups in total. The molecule has 3 aromatic carbocycles. The summed E-state index contributed by atoms with van der Waals surface area (Å²) in [6.45, 7) is 0. The van der Waals surface area contributed by atoms with Crippen LogP contribution in [0, 0.1) is 0 Å². The van der Waals surface area contributed by atoms with E-state index in [2.05, 4.69) is 15.9 Å². The molecule has 0 spiro atoms. The second kappa shape index (κ2) is 9.38. The van der Waals surface area contributed by atoms with Crippen LogP contribution in [0.1, 0.15) is 26.3 Å². The van der Waals surface area contributed by atoms with Gasteiger partial charge in [0.25, 0.3) is 0 Å². The number of carbonyl (C=O) groups is 2. The number of alkyl halides is 3. The van der Waals surface area contributed by atoms with E-state index in [0.29, 0.717) is 11.1 Å². The fourth-order valence-electron chi connectivity index (χ4n) is 2.37. The van der Waals surface area contributed by atoms with Crippen LogP contribution in [-0.4, -0.2) is 22.2 Å². The van der Waals surface area contributed by atoms with Crippen LogP contribution in [0.15, 0.2) is 77.3 Å². The summed E-state index contributed by atoms with van der Waals surface area (Å²) in [7, 11) is 0. The zero-order valence-electron chi connectivity index (χ0n) is 14.7. The summed E-state index contributed by atoms with van der Waals surface area (Å²) in [5.41, 5.74) is -0.0284. The first kappa shape index (κ1) is 22.2. The Bertz CT molecular complexity index is 998. The van der Waals surface area contributed by atoms with Crippen LogP contribution in [0.25, 0.3) is 11.1 Å². The van der Waals surface area contributed by atoms with E-state index in [1.54, 1.807) is 24.3 Å². The van der Waals surface area contributed by atoms with Crippen molar-refractivity contribution in [1.82, 2.24) is 0 Å². The number of halogens is 4. The molecular weight excluding hydrogens is 453 g/mol. The minimum absolute atomic E-state index is 0.0342. The van der Waals surface area contributed by atoms with Crippen molar-refractivity contribution in [3.05, 3.63) is 94.0 Å². The molecule has 0 aromatic heterocycles. The van der Waals surface area contributed by atoms with Gasteiger partial charge >= 0.3 is 18.1 Å². The first-order valence-corrected chi connectivity index (χ1v) is 8.87. The third-order valence-corrected chi connectivity index (χ3v) is 4.30. The zero-order valence-corrected chi connectivity index (χ0v) is 16.2. The maximum Gasteiger partial charge on any atom is 0.417 e. The van der Waals surface area contributed by atoms with Crippen molar-refractivity contribution in [3.8, 4) is 11.1 Å². The first-order valence-electron chi connectivity index (χ1n) is 8.08. The standard InChI is InChI=1S/C14H9F3O2.C7H5BrO2/c15-14(16,17)12-4-2-1-3-11(12)9-5-7-10(8-6-9)13(18)19;8-6-3-1-5(2-4-6)7(9)10/h1-8H,(H,18,19);1-4H,(H,9,10). The number of aromatic carboxylic acids is 2. The normalized spacial score (nSPS) is 10.6. The van der Waals surface area contributed by atoms with Gasteiger partial charge in [0.1, 0.15) is 0 Å². The van der Waals surface area contributed by atoms with Crippen LogP contribution >= 0.6 is 15.9 Å². The molecule has 0 aliphatic heterocycles. The van der Waals surface area contributed by atoms with Crippen molar-refractivity contribution in [3.63, 3.8) is 0 Å². The Morgan fingerprint density at radius 1 is 0.724 bits per heavy atom. The molecule has 0 fully saturated rings. The number of hydrogen-bond acceptors (Lipinski definition) is 2. The molecule has 4 nitrogen and oxygen atoms in total. The monoisotopic (exact) mass is 466 g/mol. The van der Waals surface area contributed by atoms with Crippen LogP contribution in [0.4, 0.5) is 13.2 Å². The molecule has 0 atom stereocenters. The predicted molar refractivity (Wildman–Crippen MR) is 105 cm³/mol. The van der Waals surface area contributed by atoms with Gasteiger partial charge in [-0.05, 0) is 53.6 Å². The smallest absolute Gasteiger partial charge is 0.417 e. The maximum atomic E-state index is 12.8. The summed E-state index contributed by atoms with van der Waals surface area (Å²) in [4.78, 5) is 21.0. The maximum absolute atomic E-state index is 12.8. The van der Waals surface area contributed by atoms with Gasteiger partial charge in [-0.2, -0.15) is 13.2 Å². The molecule has 0 unspecified atom stereocenters. The van der Waals surface area contributed by atoms with Gasteiger partial charge in [-0.15, -0.1) is 0 Å². The third kappa shape index (κ3) is 6.18. The minimum Gasteiger partial charge on any atom is -0.478 e. The van der Waals surface area contributed by atoms with Crippen molar-refractivity contribution in [1.29, 1.82) is 0 Å². The van der Waals surface area contributed by atoms with Gasteiger partial charge in [-0.25, -0.2) is 9.59 Å². The highest BCUT2D eigenvalue weighted by Gasteiger charge is 2.33. The van der Waals surface area contributed by atoms with Crippen molar-refractivity contribution in [2.45, 2.75) is 6.18 Å². The molecule has 0 saturated heterocycles. The topological polar surface area (TPSA) is 74.6 Å². The fourth-order valence-corrected chi connectivity index (χ4v) is 2.63. The average molecular weight is 467 g/mol. The van der Waals surface area contributed by atoms with Gasteiger partial charge in [-0.3, -0.25) is 0 Å². The third-order valence-electron chi connectivity index (χ3n) is 3.77. The van der Waals surface area contributed by atoms with Gasteiger partial charge < -0.3 is 10.2 Å². The van der Waals surface area contributed by atoms with E-state index in [0.717, 1.165) is 10.5 Å². The van der Waals surface area contributed by atoms with Crippen molar-refractivity contribution < 1.29 is 33.0 Å². The van der Waals surface area contributed by atoms with Crippen LogP contribution in [0.3, 0.4) is 0 Å². The van der Waals surface area contributed by atoms with Crippen LogP contribution in [0.5, 0.6) is 0 Å². The van der Waals surface area contributed by atoms with Crippen LogP contribution < -0.4 is 0 Å². The van der Waals surface area contributed by atoms with Crippen LogP contribution in [0.2, 0.25) is 0 Å². The Morgan fingerprint density at radius 3 is 1.62 bits per heavy atom. The lowest BCUT2D eigenvalue weighted by atomic mass is 9.98. The highest BCUT2D eigenvalue weighted by Crippen LogP contribution is 2.36. The van der Waals surface area contributed by atoms with Gasteiger partial charge in [-0.1, -0.05) is 46.3 Å². The molecule has 3 rings (SSSR count). The molecule has 8 heteroatoms. The summed E-state index contributed by atoms with van der Waals surface area (Å²) in [6, 6.07) is 17.0. The minimum atomic E-state index is -4.44. The van der Waals surface area contributed by atoms with E-state index in [1.165, 1.54) is 42.5 Å². The Labute approximate surface area is 172 Å². The summed E-state index contributed by atoms with van der Waals surface area (Å²) in [5.74, 6) is -2.01. The van der Waals surface area contributed by atoms with Crippen LogP contribution in [-0.2, 0) is 6.18 Å². The molecule has 0 aliphatic rings. The number of hydrogen-bond donors (Lipinski definition) is 2. The molecular formula is C21H14BrF3O4. The van der Waals surface area contributed by atoms with Crippen molar-refractivity contribution in [2.24, 2.45) is 0 Å². The van der Waals surface area contributed by atoms with E-state index in [1.807, 2.05) is 0 Å². The van der Waals surface area contributed by atoms with Gasteiger partial charge in [0.2, 0.25) is 0 Å². The molecule has 3 aromatic rings. The molecule has 29 heavy (non-hydrogen) atoms. The highest BCUT2D eigenvalue weighted by atomic mass is 79.9. The van der Waals surface area contributed by atoms with Gasteiger partial charge in [0.05, 0.1) is 16.7 Å². The summed E-state index contributed by atoms with van der Waals surface area (Å²) in [5, 5.41) is 17.2. The fraction of sp³-hybridized carbons (Fsp3) is 0.0476. The molecule has 0 aliphatic carbocycles. The summed E-state index contributed by atoms with van der Waals surface area (Å²) < 4.78 is 39.4. The lowest BCUT2D eigenvalue weighted by Gasteiger charge is -2.12. The Hall–Kier alpha value is -3.13. The average Bonchev–Trinajstić information content (AvgIpc) is 2.68. The second-order valence-corrected chi connectivity index (χ2v) is 6.65. The summed E-state index contributed by atoms with van der Waals surface area (Å²) in [6.07, 6.45) is -4.44. The quantitative estimate of drug-likeness (QED) is 0.480. The van der Waals surface area contributed by atoms with E-state index in [-0.39, 0.29) is 11.1 Å². The lowest BCUT2D eigenvalue weighted by Crippen LogP contribution is -2.06. The zero-order chi connectivity index (χ0) is 21.6. The van der Waals surface area contributed by atoms with E-state index >= 15 is 0 Å². The Kier molecular flexibility index (Phi) is 7.17. The van der Waals surface area contributed by atoms with E-state index < -0.39 is 23.7 Å². The molecule has 0 radical (unpaired) electrons. The van der Waals surface area contributed by atoms with Gasteiger partial charge in [0, 0.05) is 4.47 Å². The first-order chi connectivity index (χ1) is 13.6. The summed E-state index contributed by atoms with van der Waals surface area (Å²) >= 11 is 3.20. The van der Waals surface area contributed by atoms with Crippen molar-refractivity contribution >= 4 is 27.9 Å². The molecule has 150 valence electrons. The Balaban J connectivity index is 0.000000253. The highest BCUT2D eigenvalue weighted by molar-refractivity contribution is 9.10. The molecule has 0 heterocycles. The molecule has 0 saturated carbocycles. The number of carboxylic acids is 2. The van der Waals surface area contributed by atoms with E-state index in [4.69, 9.17) is 10.2 Å². The largest absolute Gasteiger partial charge is 0.478 e. The predicted octanol–water partition coefficient (Wildman–Crippen LogP) is 6.22. The molecule has 0 bridgehead atoms. The Morgan fingerprint density at radius 2 is 1.17 bits per heavy atom. The SMILES string of the molecule is O=C(O)c1ccc(-c2ccccc2C(F)(F)F)cc1.O=C(O)c1ccc(Br)cc1. The lowest BCUT2D eigenvalue weighted by molar-refractivity contribution is -0.137.